The molecule has 1 atom stereocenters. The predicted octanol–water partition coefficient (Wildman–Crippen LogP) is 0.869. The molecule has 0 aliphatic carbocycles. The van der Waals surface area contributed by atoms with Crippen LogP contribution in [0.1, 0.15) is 37.0 Å². The second-order valence-corrected chi connectivity index (χ2v) is 5.82. The summed E-state index contributed by atoms with van der Waals surface area (Å²) < 4.78 is 6.49. The van der Waals surface area contributed by atoms with Crippen LogP contribution in [-0.2, 0) is 11.3 Å². The first-order chi connectivity index (χ1) is 9.99. The second-order valence-electron chi connectivity index (χ2n) is 5.82. The number of nitrogen functional groups attached to an aromatic ring is 1. The van der Waals surface area contributed by atoms with E-state index in [1.54, 1.807) is 4.68 Å². The number of anilines is 2. The zero-order valence-corrected chi connectivity index (χ0v) is 12.9. The number of methoxy groups -OCH3 is 1. The summed E-state index contributed by atoms with van der Waals surface area (Å²) in [6.45, 7) is 5.55. The van der Waals surface area contributed by atoms with Crippen molar-refractivity contribution in [2.75, 3.05) is 30.9 Å². The van der Waals surface area contributed by atoms with Gasteiger partial charge in [0.05, 0.1) is 19.8 Å². The maximum Gasteiger partial charge on any atom is 0.345 e. The molecule has 1 fully saturated rings. The standard InChI is InChI=1S/C14H24N4O3/c1-9(2)7-18-12(15)11(14(20)21-3)13(16-18)17-6-4-5-10(17)8-19/h9-10,19H,4-8,15H2,1-3H3. The van der Waals surface area contributed by atoms with E-state index < -0.39 is 5.97 Å². The van der Waals surface area contributed by atoms with E-state index >= 15 is 0 Å². The lowest BCUT2D eigenvalue weighted by Gasteiger charge is -2.23. The van der Waals surface area contributed by atoms with E-state index in [0.29, 0.717) is 29.7 Å². The topological polar surface area (TPSA) is 93.6 Å². The third-order valence-electron chi connectivity index (χ3n) is 3.76. The molecule has 0 saturated carbocycles. The number of aliphatic hydroxyl groups excluding tert-OH is 1. The highest BCUT2D eigenvalue weighted by molar-refractivity contribution is 5.99. The second kappa shape index (κ2) is 6.34. The Balaban J connectivity index is 2.45. The minimum atomic E-state index is -0.485. The monoisotopic (exact) mass is 296 g/mol. The molecular formula is C14H24N4O3. The predicted molar refractivity (Wildman–Crippen MR) is 80.3 cm³/mol. The third-order valence-corrected chi connectivity index (χ3v) is 3.76. The van der Waals surface area contributed by atoms with Gasteiger partial charge in [0.15, 0.2) is 5.82 Å². The Labute approximate surface area is 124 Å². The molecule has 0 radical (unpaired) electrons. The average Bonchev–Trinajstić information content (AvgIpc) is 3.02. The SMILES string of the molecule is COC(=O)c1c(N2CCCC2CO)nn(CC(C)C)c1N. The Morgan fingerprint density at radius 1 is 1.57 bits per heavy atom. The molecule has 2 rings (SSSR count). The zero-order valence-electron chi connectivity index (χ0n) is 12.9. The van der Waals surface area contributed by atoms with Gasteiger partial charge in [-0.25, -0.2) is 9.48 Å². The number of carbonyl (C=O) groups is 1. The summed E-state index contributed by atoms with van der Waals surface area (Å²) in [7, 11) is 1.33. The number of carbonyl (C=O) groups excluding carboxylic acids is 1. The summed E-state index contributed by atoms with van der Waals surface area (Å²) in [5.74, 6) is 0.726. The number of nitrogens with zero attached hydrogens (tertiary/aromatic N) is 3. The lowest BCUT2D eigenvalue weighted by Crippen LogP contribution is -2.33. The molecule has 0 amide bonds. The van der Waals surface area contributed by atoms with Gasteiger partial charge in [-0.15, -0.1) is 0 Å². The Bertz CT molecular complexity index is 513. The van der Waals surface area contributed by atoms with E-state index in [2.05, 4.69) is 18.9 Å². The molecule has 1 aromatic rings. The van der Waals surface area contributed by atoms with Crippen molar-refractivity contribution in [2.45, 2.75) is 39.3 Å². The van der Waals surface area contributed by atoms with Crippen LogP contribution in [0.2, 0.25) is 0 Å². The lowest BCUT2D eigenvalue weighted by atomic mass is 10.2. The molecule has 3 N–H and O–H groups in total. The fourth-order valence-corrected chi connectivity index (χ4v) is 2.75. The number of nitrogens with two attached hydrogens (primary N) is 1. The average molecular weight is 296 g/mol. The van der Waals surface area contributed by atoms with Crippen LogP contribution in [0.25, 0.3) is 0 Å². The van der Waals surface area contributed by atoms with Gasteiger partial charge in [0.2, 0.25) is 0 Å². The van der Waals surface area contributed by atoms with E-state index in [0.717, 1.165) is 19.4 Å². The summed E-state index contributed by atoms with van der Waals surface area (Å²) in [5, 5.41) is 14.0. The number of aromatic nitrogens is 2. The van der Waals surface area contributed by atoms with Crippen molar-refractivity contribution >= 4 is 17.6 Å². The van der Waals surface area contributed by atoms with Crippen molar-refractivity contribution < 1.29 is 14.6 Å². The molecule has 1 unspecified atom stereocenters. The molecule has 7 nitrogen and oxygen atoms in total. The van der Waals surface area contributed by atoms with Crippen molar-refractivity contribution in [2.24, 2.45) is 5.92 Å². The summed E-state index contributed by atoms with van der Waals surface area (Å²) in [5.41, 5.74) is 6.40. The normalized spacial score (nSPS) is 18.5. The number of aliphatic hydroxyl groups is 1. The molecule has 0 spiro atoms. The minimum Gasteiger partial charge on any atom is -0.465 e. The quantitative estimate of drug-likeness (QED) is 0.783. The molecule has 1 aliphatic heterocycles. The molecule has 7 heteroatoms. The number of esters is 1. The van der Waals surface area contributed by atoms with Crippen molar-refractivity contribution in [1.82, 2.24) is 9.78 Å². The Morgan fingerprint density at radius 3 is 2.86 bits per heavy atom. The number of ether oxygens (including phenoxy) is 1. The first kappa shape index (κ1) is 15.6. The summed E-state index contributed by atoms with van der Waals surface area (Å²) in [4.78, 5) is 14.0. The molecule has 1 aliphatic rings. The van der Waals surface area contributed by atoms with Gasteiger partial charge in [-0.1, -0.05) is 13.8 Å². The number of hydrogen-bond acceptors (Lipinski definition) is 6. The van der Waals surface area contributed by atoms with Crippen molar-refractivity contribution in [3.63, 3.8) is 0 Å². The molecule has 2 heterocycles. The molecule has 118 valence electrons. The highest BCUT2D eigenvalue weighted by atomic mass is 16.5. The Morgan fingerprint density at radius 2 is 2.29 bits per heavy atom. The zero-order chi connectivity index (χ0) is 15.6. The van der Waals surface area contributed by atoms with Crippen LogP contribution in [0.5, 0.6) is 0 Å². The van der Waals surface area contributed by atoms with Gasteiger partial charge in [0, 0.05) is 13.1 Å². The first-order valence-corrected chi connectivity index (χ1v) is 7.31. The molecule has 1 aromatic heterocycles. The molecule has 21 heavy (non-hydrogen) atoms. The van der Waals surface area contributed by atoms with Gasteiger partial charge in [-0.05, 0) is 18.8 Å². The van der Waals surface area contributed by atoms with Crippen LogP contribution in [0.15, 0.2) is 0 Å². The Hall–Kier alpha value is -1.76. The minimum absolute atomic E-state index is 0.0183. The van der Waals surface area contributed by atoms with Crippen LogP contribution < -0.4 is 10.6 Å². The van der Waals surface area contributed by atoms with Gasteiger partial charge in [0.1, 0.15) is 11.4 Å². The van der Waals surface area contributed by atoms with Crippen LogP contribution in [-0.4, -0.2) is 47.2 Å². The van der Waals surface area contributed by atoms with Crippen LogP contribution in [0.4, 0.5) is 11.6 Å². The third kappa shape index (κ3) is 2.97. The fourth-order valence-electron chi connectivity index (χ4n) is 2.75. The number of rotatable bonds is 5. The first-order valence-electron chi connectivity index (χ1n) is 7.31. The van der Waals surface area contributed by atoms with E-state index in [-0.39, 0.29) is 12.6 Å². The number of hydrogen-bond donors (Lipinski definition) is 2. The van der Waals surface area contributed by atoms with E-state index in [9.17, 15) is 9.90 Å². The van der Waals surface area contributed by atoms with Gasteiger partial charge in [-0.3, -0.25) is 0 Å². The summed E-state index contributed by atoms with van der Waals surface area (Å²) >= 11 is 0. The molecule has 0 aromatic carbocycles. The van der Waals surface area contributed by atoms with Gasteiger partial charge in [0.25, 0.3) is 0 Å². The lowest BCUT2D eigenvalue weighted by molar-refractivity contribution is 0.0602. The van der Waals surface area contributed by atoms with E-state index in [1.165, 1.54) is 7.11 Å². The van der Waals surface area contributed by atoms with Crippen LogP contribution in [0.3, 0.4) is 0 Å². The smallest absolute Gasteiger partial charge is 0.345 e. The highest BCUT2D eigenvalue weighted by Gasteiger charge is 2.33. The van der Waals surface area contributed by atoms with Crippen molar-refractivity contribution in [3.05, 3.63) is 5.56 Å². The molecule has 1 saturated heterocycles. The van der Waals surface area contributed by atoms with E-state index in [1.807, 2.05) is 4.90 Å². The maximum absolute atomic E-state index is 12.1. The van der Waals surface area contributed by atoms with E-state index in [4.69, 9.17) is 10.5 Å². The van der Waals surface area contributed by atoms with Gasteiger partial charge < -0.3 is 20.5 Å². The van der Waals surface area contributed by atoms with Crippen LogP contribution in [0, 0.1) is 5.92 Å². The summed E-state index contributed by atoms with van der Waals surface area (Å²) in [6, 6.07) is -0.0183. The highest BCUT2D eigenvalue weighted by Crippen LogP contribution is 2.31. The van der Waals surface area contributed by atoms with Gasteiger partial charge in [-0.2, -0.15) is 5.10 Å². The van der Waals surface area contributed by atoms with Crippen LogP contribution >= 0.6 is 0 Å². The fraction of sp³-hybridized carbons (Fsp3) is 0.714. The van der Waals surface area contributed by atoms with Gasteiger partial charge >= 0.3 is 5.97 Å². The summed E-state index contributed by atoms with van der Waals surface area (Å²) in [6.07, 6.45) is 1.84. The molecule has 0 bridgehead atoms. The largest absolute Gasteiger partial charge is 0.465 e. The Kier molecular flexibility index (Phi) is 4.72. The van der Waals surface area contributed by atoms with Crippen molar-refractivity contribution in [1.29, 1.82) is 0 Å². The van der Waals surface area contributed by atoms with Crippen molar-refractivity contribution in [3.8, 4) is 0 Å². The molecular weight excluding hydrogens is 272 g/mol. The maximum atomic E-state index is 12.1.